The lowest BCUT2D eigenvalue weighted by Crippen LogP contribution is -2.22. The summed E-state index contributed by atoms with van der Waals surface area (Å²) in [6.45, 7) is 0.575. The first-order valence-corrected chi connectivity index (χ1v) is 6.86. The van der Waals surface area contributed by atoms with E-state index in [-0.39, 0.29) is 17.9 Å². The summed E-state index contributed by atoms with van der Waals surface area (Å²) in [5.74, 6) is 5.27. The van der Waals surface area contributed by atoms with Crippen molar-refractivity contribution in [1.82, 2.24) is 10.3 Å². The van der Waals surface area contributed by atoms with Crippen molar-refractivity contribution in [2.45, 2.75) is 6.54 Å². The topological polar surface area (TPSA) is 114 Å². The van der Waals surface area contributed by atoms with Crippen molar-refractivity contribution in [3.63, 3.8) is 0 Å². The highest BCUT2D eigenvalue weighted by molar-refractivity contribution is 7.10. The van der Waals surface area contributed by atoms with Gasteiger partial charge in [0.15, 0.2) is 0 Å². The maximum atomic E-state index is 11.9. The van der Waals surface area contributed by atoms with Gasteiger partial charge < -0.3 is 16.0 Å². The van der Waals surface area contributed by atoms with E-state index in [2.05, 4.69) is 22.1 Å². The van der Waals surface area contributed by atoms with E-state index in [4.69, 9.17) is 5.73 Å². The number of H-pyrrole nitrogens is 1. The van der Waals surface area contributed by atoms with Gasteiger partial charge in [0.2, 0.25) is 0 Å². The SMILES string of the molecule is NCC#Cc1ccsc1CNC(=O)c1cc([N+](=O)[O-])c[nH]1. The van der Waals surface area contributed by atoms with Crippen molar-refractivity contribution in [2.24, 2.45) is 5.73 Å². The molecule has 0 spiro atoms. The highest BCUT2D eigenvalue weighted by atomic mass is 32.1. The average molecular weight is 304 g/mol. The Morgan fingerprint density at radius 2 is 2.38 bits per heavy atom. The molecule has 1 amide bonds. The zero-order valence-corrected chi connectivity index (χ0v) is 11.7. The van der Waals surface area contributed by atoms with E-state index in [1.54, 1.807) is 0 Å². The molecule has 0 atom stereocenters. The summed E-state index contributed by atoms with van der Waals surface area (Å²) in [7, 11) is 0. The van der Waals surface area contributed by atoms with Crippen LogP contribution in [0.4, 0.5) is 5.69 Å². The number of nitro groups is 1. The molecule has 0 aliphatic rings. The summed E-state index contributed by atoms with van der Waals surface area (Å²) in [6.07, 6.45) is 1.18. The van der Waals surface area contributed by atoms with E-state index in [1.165, 1.54) is 23.6 Å². The van der Waals surface area contributed by atoms with Crippen LogP contribution in [0.15, 0.2) is 23.7 Å². The third-order valence-corrected chi connectivity index (χ3v) is 3.52. The van der Waals surface area contributed by atoms with Gasteiger partial charge in [-0.3, -0.25) is 14.9 Å². The fraction of sp³-hybridized carbons (Fsp3) is 0.154. The second kappa shape index (κ2) is 6.69. The van der Waals surface area contributed by atoms with Gasteiger partial charge >= 0.3 is 0 Å². The predicted molar refractivity (Wildman–Crippen MR) is 78.9 cm³/mol. The van der Waals surface area contributed by atoms with Crippen LogP contribution >= 0.6 is 11.3 Å². The number of hydrogen-bond acceptors (Lipinski definition) is 5. The number of amides is 1. The van der Waals surface area contributed by atoms with Crippen molar-refractivity contribution in [2.75, 3.05) is 6.54 Å². The first-order chi connectivity index (χ1) is 10.1. The Bertz CT molecular complexity index is 723. The quantitative estimate of drug-likeness (QED) is 0.447. The summed E-state index contributed by atoms with van der Waals surface area (Å²) >= 11 is 1.47. The molecular weight excluding hydrogens is 292 g/mol. The molecule has 0 saturated carbocycles. The van der Waals surface area contributed by atoms with Crippen LogP contribution in [-0.2, 0) is 6.54 Å². The molecule has 0 radical (unpaired) electrons. The minimum atomic E-state index is -0.562. The molecule has 0 unspecified atom stereocenters. The molecule has 108 valence electrons. The molecule has 8 heteroatoms. The number of carbonyl (C=O) groups is 1. The van der Waals surface area contributed by atoms with Crippen molar-refractivity contribution in [3.05, 3.63) is 50.0 Å². The fourth-order valence-corrected chi connectivity index (χ4v) is 2.38. The molecule has 0 aliphatic carbocycles. The zero-order valence-electron chi connectivity index (χ0n) is 10.9. The number of hydrogen-bond donors (Lipinski definition) is 3. The Morgan fingerprint density at radius 1 is 1.57 bits per heavy atom. The second-order valence-electron chi connectivity index (χ2n) is 3.97. The average Bonchev–Trinajstić information content (AvgIpc) is 3.11. The van der Waals surface area contributed by atoms with E-state index < -0.39 is 10.8 Å². The van der Waals surface area contributed by atoms with Gasteiger partial charge in [-0.15, -0.1) is 11.3 Å². The Morgan fingerprint density at radius 3 is 3.05 bits per heavy atom. The van der Waals surface area contributed by atoms with Gasteiger partial charge in [-0.1, -0.05) is 11.8 Å². The van der Waals surface area contributed by atoms with Crippen LogP contribution in [0.2, 0.25) is 0 Å². The van der Waals surface area contributed by atoms with Gasteiger partial charge in [-0.25, -0.2) is 0 Å². The summed E-state index contributed by atoms with van der Waals surface area (Å²) in [6, 6.07) is 3.05. The van der Waals surface area contributed by atoms with Crippen LogP contribution in [0, 0.1) is 22.0 Å². The molecule has 0 aromatic carbocycles. The van der Waals surface area contributed by atoms with Crippen LogP contribution in [0.25, 0.3) is 0 Å². The maximum absolute atomic E-state index is 11.9. The van der Waals surface area contributed by atoms with Crippen LogP contribution in [0.3, 0.4) is 0 Å². The first kappa shape index (κ1) is 14.8. The molecule has 0 fully saturated rings. The minimum absolute atomic E-state index is 0.146. The number of carbonyl (C=O) groups excluding carboxylic acids is 1. The molecule has 0 saturated heterocycles. The number of aromatic nitrogens is 1. The molecule has 21 heavy (non-hydrogen) atoms. The van der Waals surface area contributed by atoms with Crippen LogP contribution in [0.5, 0.6) is 0 Å². The highest BCUT2D eigenvalue weighted by Gasteiger charge is 2.14. The highest BCUT2D eigenvalue weighted by Crippen LogP contribution is 2.16. The number of nitrogens with zero attached hydrogens (tertiary/aromatic N) is 1. The van der Waals surface area contributed by atoms with Crippen molar-refractivity contribution < 1.29 is 9.72 Å². The lowest BCUT2D eigenvalue weighted by Gasteiger charge is -2.02. The van der Waals surface area contributed by atoms with E-state index in [0.29, 0.717) is 6.54 Å². The number of thiophene rings is 1. The lowest BCUT2D eigenvalue weighted by atomic mass is 10.2. The smallest absolute Gasteiger partial charge is 0.287 e. The molecule has 2 rings (SSSR count). The standard InChI is InChI=1S/C13H12N4O3S/c14-4-1-2-9-3-5-21-12(9)8-16-13(18)11-6-10(7-15-11)17(19)20/h3,5-7,15H,4,8,14H2,(H,16,18). The Balaban J connectivity index is 2.01. The van der Waals surface area contributed by atoms with E-state index >= 15 is 0 Å². The van der Waals surface area contributed by atoms with Gasteiger partial charge in [0.05, 0.1) is 24.2 Å². The monoisotopic (exact) mass is 304 g/mol. The molecular formula is C13H12N4O3S. The van der Waals surface area contributed by atoms with Crippen molar-refractivity contribution in [3.8, 4) is 11.8 Å². The fourth-order valence-electron chi connectivity index (χ4n) is 1.61. The van der Waals surface area contributed by atoms with Crippen LogP contribution in [0.1, 0.15) is 20.9 Å². The minimum Gasteiger partial charge on any atom is -0.351 e. The number of nitrogens with one attached hydrogen (secondary N) is 2. The molecule has 2 heterocycles. The lowest BCUT2D eigenvalue weighted by molar-refractivity contribution is -0.384. The number of rotatable bonds is 4. The predicted octanol–water partition coefficient (Wildman–Crippen LogP) is 1.22. The van der Waals surface area contributed by atoms with Gasteiger partial charge in [0.25, 0.3) is 11.6 Å². The largest absolute Gasteiger partial charge is 0.351 e. The molecule has 2 aromatic heterocycles. The van der Waals surface area contributed by atoms with E-state index in [9.17, 15) is 14.9 Å². The Labute approximate surface area is 124 Å². The Kier molecular flexibility index (Phi) is 4.71. The van der Waals surface area contributed by atoms with Crippen molar-refractivity contribution >= 4 is 22.9 Å². The molecule has 7 nitrogen and oxygen atoms in total. The summed E-state index contributed by atoms with van der Waals surface area (Å²) in [5, 5.41) is 15.1. The van der Waals surface area contributed by atoms with Gasteiger partial charge in [-0.2, -0.15) is 0 Å². The van der Waals surface area contributed by atoms with E-state index in [0.717, 1.165) is 10.4 Å². The van der Waals surface area contributed by atoms with Crippen molar-refractivity contribution in [1.29, 1.82) is 0 Å². The zero-order chi connectivity index (χ0) is 15.2. The third kappa shape index (κ3) is 3.68. The summed E-state index contributed by atoms with van der Waals surface area (Å²) in [5.41, 5.74) is 6.14. The number of aromatic amines is 1. The maximum Gasteiger partial charge on any atom is 0.287 e. The normalized spacial score (nSPS) is 9.76. The van der Waals surface area contributed by atoms with E-state index in [1.807, 2.05) is 11.4 Å². The molecule has 4 N–H and O–H groups in total. The Hall–Kier alpha value is -2.63. The van der Waals surface area contributed by atoms with Gasteiger partial charge in [-0.05, 0) is 11.4 Å². The second-order valence-corrected chi connectivity index (χ2v) is 4.98. The summed E-state index contributed by atoms with van der Waals surface area (Å²) < 4.78 is 0. The first-order valence-electron chi connectivity index (χ1n) is 5.98. The van der Waals surface area contributed by atoms with Gasteiger partial charge in [0.1, 0.15) is 5.69 Å². The molecule has 2 aromatic rings. The third-order valence-electron chi connectivity index (χ3n) is 2.60. The summed E-state index contributed by atoms with van der Waals surface area (Å²) in [4.78, 5) is 25.4. The van der Waals surface area contributed by atoms with Gasteiger partial charge in [0, 0.05) is 16.5 Å². The molecule has 0 bridgehead atoms. The number of nitrogens with two attached hydrogens (primary N) is 1. The van der Waals surface area contributed by atoms with Crippen LogP contribution < -0.4 is 11.1 Å². The van der Waals surface area contributed by atoms with Crippen LogP contribution in [-0.4, -0.2) is 22.4 Å². The molecule has 0 aliphatic heterocycles.